The highest BCUT2D eigenvalue weighted by atomic mass is 16.5. The number of piperidine rings is 1. The lowest BCUT2D eigenvalue weighted by atomic mass is 10.1. The van der Waals surface area contributed by atoms with Crippen molar-refractivity contribution in [3.8, 4) is 0 Å². The number of carboxylic acid groups (broad SMARTS) is 1. The Morgan fingerprint density at radius 1 is 1.24 bits per heavy atom. The van der Waals surface area contributed by atoms with E-state index in [1.54, 1.807) is 4.90 Å². The van der Waals surface area contributed by atoms with Gasteiger partial charge in [0.15, 0.2) is 0 Å². The Kier molecular flexibility index (Phi) is 5.57. The molecule has 0 aliphatic carbocycles. The van der Waals surface area contributed by atoms with E-state index in [-0.39, 0.29) is 18.7 Å². The summed E-state index contributed by atoms with van der Waals surface area (Å²) >= 11 is 0. The first-order chi connectivity index (χ1) is 10.1. The zero-order valence-corrected chi connectivity index (χ0v) is 11.8. The number of ether oxygens (including phenoxy) is 1. The van der Waals surface area contributed by atoms with Gasteiger partial charge in [-0.2, -0.15) is 0 Å². The average molecular weight is 292 g/mol. The van der Waals surface area contributed by atoms with Crippen molar-refractivity contribution in [2.45, 2.75) is 25.5 Å². The fourth-order valence-corrected chi connectivity index (χ4v) is 2.30. The molecule has 0 unspecified atom stereocenters. The van der Waals surface area contributed by atoms with Crippen molar-refractivity contribution >= 4 is 12.0 Å². The molecule has 0 aromatic heterocycles. The molecule has 6 heteroatoms. The van der Waals surface area contributed by atoms with E-state index in [0.717, 1.165) is 5.56 Å². The Labute approximate surface area is 123 Å². The number of hydrogen-bond acceptors (Lipinski definition) is 3. The van der Waals surface area contributed by atoms with Gasteiger partial charge in [-0.1, -0.05) is 30.3 Å². The summed E-state index contributed by atoms with van der Waals surface area (Å²) in [7, 11) is 0. The normalized spacial score (nSPS) is 15.7. The van der Waals surface area contributed by atoms with Crippen LogP contribution in [0.2, 0.25) is 0 Å². The molecule has 0 radical (unpaired) electrons. The van der Waals surface area contributed by atoms with E-state index in [2.05, 4.69) is 5.32 Å². The standard InChI is InChI=1S/C15H20N2O4/c18-14(19)11-21-13-6-8-17(9-7-13)15(20)16-10-12-4-2-1-3-5-12/h1-5,13H,6-11H2,(H,16,20)(H,18,19). The van der Waals surface area contributed by atoms with Crippen molar-refractivity contribution < 1.29 is 19.4 Å². The minimum Gasteiger partial charge on any atom is -0.480 e. The van der Waals surface area contributed by atoms with Gasteiger partial charge in [0, 0.05) is 19.6 Å². The number of amides is 2. The van der Waals surface area contributed by atoms with Gasteiger partial charge in [0.05, 0.1) is 6.10 Å². The van der Waals surface area contributed by atoms with Crippen LogP contribution in [0.15, 0.2) is 30.3 Å². The first kappa shape index (κ1) is 15.3. The van der Waals surface area contributed by atoms with Gasteiger partial charge in [-0.05, 0) is 18.4 Å². The molecule has 6 nitrogen and oxygen atoms in total. The van der Waals surface area contributed by atoms with Crippen molar-refractivity contribution in [1.82, 2.24) is 10.2 Å². The number of carbonyl (C=O) groups is 2. The van der Waals surface area contributed by atoms with Crippen molar-refractivity contribution in [3.05, 3.63) is 35.9 Å². The zero-order chi connectivity index (χ0) is 15.1. The second kappa shape index (κ2) is 7.64. The van der Waals surface area contributed by atoms with Crippen LogP contribution < -0.4 is 5.32 Å². The van der Waals surface area contributed by atoms with E-state index in [4.69, 9.17) is 9.84 Å². The van der Waals surface area contributed by atoms with E-state index < -0.39 is 5.97 Å². The van der Waals surface area contributed by atoms with E-state index in [1.807, 2.05) is 30.3 Å². The number of nitrogens with one attached hydrogen (secondary N) is 1. The molecule has 1 saturated heterocycles. The number of carbonyl (C=O) groups excluding carboxylic acids is 1. The maximum Gasteiger partial charge on any atom is 0.329 e. The molecular weight excluding hydrogens is 272 g/mol. The summed E-state index contributed by atoms with van der Waals surface area (Å²) in [6.07, 6.45) is 1.28. The minimum absolute atomic E-state index is 0.0701. The van der Waals surface area contributed by atoms with Crippen molar-refractivity contribution in [2.75, 3.05) is 19.7 Å². The third kappa shape index (κ3) is 5.07. The van der Waals surface area contributed by atoms with E-state index in [0.29, 0.717) is 32.5 Å². The zero-order valence-electron chi connectivity index (χ0n) is 11.8. The molecule has 2 N–H and O–H groups in total. The van der Waals surface area contributed by atoms with Gasteiger partial charge < -0.3 is 20.1 Å². The summed E-state index contributed by atoms with van der Waals surface area (Å²) in [5, 5.41) is 11.4. The van der Waals surface area contributed by atoms with Gasteiger partial charge in [0.1, 0.15) is 6.61 Å². The minimum atomic E-state index is -0.960. The molecule has 2 rings (SSSR count). The largest absolute Gasteiger partial charge is 0.480 e. The highest BCUT2D eigenvalue weighted by Gasteiger charge is 2.23. The molecule has 2 amide bonds. The number of likely N-dealkylation sites (tertiary alicyclic amines) is 1. The predicted molar refractivity (Wildman–Crippen MR) is 76.9 cm³/mol. The molecule has 114 valence electrons. The Morgan fingerprint density at radius 2 is 1.90 bits per heavy atom. The Balaban J connectivity index is 1.69. The maximum atomic E-state index is 12.0. The predicted octanol–water partition coefficient (Wildman–Crippen LogP) is 1.46. The summed E-state index contributed by atoms with van der Waals surface area (Å²) in [6.45, 7) is 1.41. The lowest BCUT2D eigenvalue weighted by Gasteiger charge is -2.31. The van der Waals surface area contributed by atoms with Gasteiger partial charge in [0.25, 0.3) is 0 Å². The molecule has 1 fully saturated rings. The van der Waals surface area contributed by atoms with Gasteiger partial charge in [-0.3, -0.25) is 0 Å². The number of benzene rings is 1. The molecule has 1 aliphatic rings. The van der Waals surface area contributed by atoms with Gasteiger partial charge >= 0.3 is 12.0 Å². The number of nitrogens with zero attached hydrogens (tertiary/aromatic N) is 1. The molecule has 1 aromatic carbocycles. The fourth-order valence-electron chi connectivity index (χ4n) is 2.30. The molecule has 1 aromatic rings. The van der Waals surface area contributed by atoms with Crippen LogP contribution in [0.25, 0.3) is 0 Å². The van der Waals surface area contributed by atoms with Crippen LogP contribution >= 0.6 is 0 Å². The molecule has 0 bridgehead atoms. The average Bonchev–Trinajstić information content (AvgIpc) is 2.52. The third-order valence-electron chi connectivity index (χ3n) is 3.46. The lowest BCUT2D eigenvalue weighted by molar-refractivity contribution is -0.145. The molecule has 21 heavy (non-hydrogen) atoms. The van der Waals surface area contributed by atoms with E-state index in [1.165, 1.54) is 0 Å². The second-order valence-corrected chi connectivity index (χ2v) is 5.04. The van der Waals surface area contributed by atoms with E-state index in [9.17, 15) is 9.59 Å². The van der Waals surface area contributed by atoms with Gasteiger partial charge in [-0.25, -0.2) is 9.59 Å². The van der Waals surface area contributed by atoms with Crippen LogP contribution in [0, 0.1) is 0 Å². The summed E-state index contributed by atoms with van der Waals surface area (Å²) in [5.74, 6) is -0.960. The highest BCUT2D eigenvalue weighted by Crippen LogP contribution is 2.13. The number of urea groups is 1. The topological polar surface area (TPSA) is 78.9 Å². The number of hydrogen-bond donors (Lipinski definition) is 2. The summed E-state index contributed by atoms with van der Waals surface area (Å²) in [5.41, 5.74) is 1.06. The molecule has 0 atom stereocenters. The summed E-state index contributed by atoms with van der Waals surface area (Å²) < 4.78 is 5.24. The molecule has 1 aliphatic heterocycles. The third-order valence-corrected chi connectivity index (χ3v) is 3.46. The van der Waals surface area contributed by atoms with Crippen LogP contribution in [0.4, 0.5) is 4.79 Å². The van der Waals surface area contributed by atoms with Crippen molar-refractivity contribution in [2.24, 2.45) is 0 Å². The van der Waals surface area contributed by atoms with Crippen molar-refractivity contribution in [1.29, 1.82) is 0 Å². The maximum absolute atomic E-state index is 12.0. The van der Waals surface area contributed by atoms with Gasteiger partial charge in [0.2, 0.25) is 0 Å². The summed E-state index contributed by atoms with van der Waals surface area (Å²) in [4.78, 5) is 24.2. The second-order valence-electron chi connectivity index (χ2n) is 5.04. The van der Waals surface area contributed by atoms with Crippen LogP contribution in [0.3, 0.4) is 0 Å². The Morgan fingerprint density at radius 3 is 2.52 bits per heavy atom. The molecular formula is C15H20N2O4. The van der Waals surface area contributed by atoms with Crippen LogP contribution in [0.5, 0.6) is 0 Å². The van der Waals surface area contributed by atoms with Gasteiger partial charge in [-0.15, -0.1) is 0 Å². The molecule has 1 heterocycles. The first-order valence-electron chi connectivity index (χ1n) is 7.05. The Hall–Kier alpha value is -2.08. The quantitative estimate of drug-likeness (QED) is 0.861. The Bertz CT molecular complexity index is 470. The number of aliphatic carboxylic acids is 1. The fraction of sp³-hybridized carbons (Fsp3) is 0.467. The molecule has 0 spiro atoms. The number of rotatable bonds is 5. The lowest BCUT2D eigenvalue weighted by Crippen LogP contribution is -2.45. The SMILES string of the molecule is O=C(O)COC1CCN(C(=O)NCc2ccccc2)CC1. The van der Waals surface area contributed by atoms with Crippen LogP contribution in [-0.2, 0) is 16.1 Å². The highest BCUT2D eigenvalue weighted by molar-refractivity contribution is 5.74. The molecule has 0 saturated carbocycles. The first-order valence-corrected chi connectivity index (χ1v) is 7.05. The van der Waals surface area contributed by atoms with Crippen molar-refractivity contribution in [3.63, 3.8) is 0 Å². The summed E-state index contributed by atoms with van der Waals surface area (Å²) in [6, 6.07) is 9.65. The van der Waals surface area contributed by atoms with Crippen LogP contribution in [-0.4, -0.2) is 47.8 Å². The van der Waals surface area contributed by atoms with E-state index >= 15 is 0 Å². The monoisotopic (exact) mass is 292 g/mol. The van der Waals surface area contributed by atoms with Crippen LogP contribution in [0.1, 0.15) is 18.4 Å². The number of carboxylic acids is 1. The smallest absolute Gasteiger partial charge is 0.329 e.